The SMILES string of the molecule is Cc1sc2nc(C(C)C)n([C@@H]3CCCN(C(=O)C4CCCC4)C3)c(=O)c2c1C. The molecule has 2 aromatic rings. The molecule has 1 aliphatic carbocycles. The molecule has 6 heteroatoms. The van der Waals surface area contributed by atoms with Gasteiger partial charge in [-0.25, -0.2) is 4.98 Å². The number of likely N-dealkylation sites (tertiary alicyclic amines) is 1. The van der Waals surface area contributed by atoms with Crippen LogP contribution in [0, 0.1) is 19.8 Å². The molecule has 0 bridgehead atoms. The Kier molecular flexibility index (Phi) is 5.34. The zero-order valence-electron chi connectivity index (χ0n) is 17.5. The largest absolute Gasteiger partial charge is 0.340 e. The van der Waals surface area contributed by atoms with E-state index in [1.54, 1.807) is 11.3 Å². The molecule has 0 aromatic carbocycles. The molecule has 152 valence electrons. The Balaban J connectivity index is 1.73. The van der Waals surface area contributed by atoms with Crippen LogP contribution in [0.25, 0.3) is 10.2 Å². The van der Waals surface area contributed by atoms with Gasteiger partial charge in [0.25, 0.3) is 5.56 Å². The van der Waals surface area contributed by atoms with E-state index < -0.39 is 0 Å². The minimum absolute atomic E-state index is 0.0282. The van der Waals surface area contributed by atoms with Crippen molar-refractivity contribution in [3.05, 3.63) is 26.6 Å². The van der Waals surface area contributed by atoms with Gasteiger partial charge in [-0.15, -0.1) is 11.3 Å². The highest BCUT2D eigenvalue weighted by atomic mass is 32.1. The molecule has 1 atom stereocenters. The molecular weight excluding hydrogens is 370 g/mol. The van der Waals surface area contributed by atoms with Crippen molar-refractivity contribution in [2.24, 2.45) is 5.92 Å². The van der Waals surface area contributed by atoms with Gasteiger partial charge in [-0.3, -0.25) is 14.2 Å². The van der Waals surface area contributed by atoms with Gasteiger partial charge < -0.3 is 4.90 Å². The number of hydrogen-bond acceptors (Lipinski definition) is 4. The third kappa shape index (κ3) is 3.30. The van der Waals surface area contributed by atoms with Crippen molar-refractivity contribution >= 4 is 27.5 Å². The first-order valence-corrected chi connectivity index (χ1v) is 11.5. The van der Waals surface area contributed by atoms with E-state index in [2.05, 4.69) is 20.8 Å². The van der Waals surface area contributed by atoms with Crippen LogP contribution in [0.3, 0.4) is 0 Å². The summed E-state index contributed by atoms with van der Waals surface area (Å²) in [6, 6.07) is 0.0282. The number of thiophene rings is 1. The minimum Gasteiger partial charge on any atom is -0.340 e. The van der Waals surface area contributed by atoms with Gasteiger partial charge in [0.2, 0.25) is 5.91 Å². The van der Waals surface area contributed by atoms with Crippen LogP contribution in [0.1, 0.15) is 80.6 Å². The topological polar surface area (TPSA) is 55.2 Å². The molecule has 1 saturated heterocycles. The number of hydrogen-bond donors (Lipinski definition) is 0. The van der Waals surface area contributed by atoms with E-state index in [0.717, 1.165) is 58.7 Å². The molecule has 0 radical (unpaired) electrons. The van der Waals surface area contributed by atoms with E-state index in [9.17, 15) is 9.59 Å². The molecule has 1 amide bonds. The second kappa shape index (κ2) is 7.62. The van der Waals surface area contributed by atoms with E-state index in [1.165, 1.54) is 12.8 Å². The summed E-state index contributed by atoms with van der Waals surface area (Å²) in [4.78, 5) is 35.5. The number of fused-ring (bicyclic) bond motifs is 1. The summed E-state index contributed by atoms with van der Waals surface area (Å²) in [7, 11) is 0. The Morgan fingerprint density at radius 1 is 1.14 bits per heavy atom. The van der Waals surface area contributed by atoms with E-state index in [4.69, 9.17) is 4.98 Å². The molecule has 28 heavy (non-hydrogen) atoms. The van der Waals surface area contributed by atoms with Gasteiger partial charge in [0, 0.05) is 29.8 Å². The van der Waals surface area contributed by atoms with Crippen molar-refractivity contribution in [1.29, 1.82) is 0 Å². The van der Waals surface area contributed by atoms with Crippen molar-refractivity contribution in [3.8, 4) is 0 Å². The van der Waals surface area contributed by atoms with Gasteiger partial charge >= 0.3 is 0 Å². The number of piperidine rings is 1. The fourth-order valence-corrected chi connectivity index (χ4v) is 5.91. The highest BCUT2D eigenvalue weighted by Gasteiger charge is 2.33. The molecular formula is C22H31N3O2S. The summed E-state index contributed by atoms with van der Waals surface area (Å²) in [5.74, 6) is 1.53. The van der Waals surface area contributed by atoms with Gasteiger partial charge in [-0.2, -0.15) is 0 Å². The third-order valence-corrected chi connectivity index (χ3v) is 7.66. The summed E-state index contributed by atoms with van der Waals surface area (Å²) >= 11 is 1.61. The van der Waals surface area contributed by atoms with Crippen LogP contribution >= 0.6 is 11.3 Å². The molecule has 0 N–H and O–H groups in total. The Bertz CT molecular complexity index is 953. The first kappa shape index (κ1) is 19.6. The summed E-state index contributed by atoms with van der Waals surface area (Å²) in [5, 5.41) is 0.770. The van der Waals surface area contributed by atoms with Crippen LogP contribution < -0.4 is 5.56 Å². The molecule has 2 fully saturated rings. The number of amides is 1. The van der Waals surface area contributed by atoms with Gasteiger partial charge in [-0.1, -0.05) is 26.7 Å². The first-order valence-electron chi connectivity index (χ1n) is 10.7. The first-order chi connectivity index (χ1) is 13.4. The van der Waals surface area contributed by atoms with E-state index in [0.29, 0.717) is 12.5 Å². The minimum atomic E-state index is 0.0282. The van der Waals surface area contributed by atoms with Crippen LogP contribution in [-0.4, -0.2) is 33.4 Å². The lowest BCUT2D eigenvalue weighted by atomic mass is 10.00. The Morgan fingerprint density at radius 2 is 1.86 bits per heavy atom. The predicted octanol–water partition coefficient (Wildman–Crippen LogP) is 4.55. The fraction of sp³-hybridized carbons (Fsp3) is 0.682. The quantitative estimate of drug-likeness (QED) is 0.758. The molecule has 0 unspecified atom stereocenters. The number of aromatic nitrogens is 2. The average Bonchev–Trinajstić information content (AvgIpc) is 3.30. The van der Waals surface area contributed by atoms with Gasteiger partial charge in [0.05, 0.1) is 11.4 Å². The maximum absolute atomic E-state index is 13.5. The lowest BCUT2D eigenvalue weighted by molar-refractivity contribution is -0.137. The molecule has 5 nitrogen and oxygen atoms in total. The number of rotatable bonds is 3. The summed E-state index contributed by atoms with van der Waals surface area (Å²) in [6.07, 6.45) is 6.27. The second-order valence-corrected chi connectivity index (χ2v) is 10.0. The van der Waals surface area contributed by atoms with Crippen molar-refractivity contribution in [2.45, 2.75) is 78.2 Å². The van der Waals surface area contributed by atoms with E-state index >= 15 is 0 Å². The van der Waals surface area contributed by atoms with Crippen molar-refractivity contribution in [1.82, 2.24) is 14.5 Å². The third-order valence-electron chi connectivity index (χ3n) is 6.56. The number of carbonyl (C=O) groups excluding carboxylic acids is 1. The van der Waals surface area contributed by atoms with Crippen LogP contribution in [0.2, 0.25) is 0 Å². The molecule has 4 rings (SSSR count). The van der Waals surface area contributed by atoms with E-state index in [-0.39, 0.29) is 23.4 Å². The average molecular weight is 402 g/mol. The Morgan fingerprint density at radius 3 is 2.54 bits per heavy atom. The van der Waals surface area contributed by atoms with Crippen LogP contribution in [0.15, 0.2) is 4.79 Å². The maximum Gasteiger partial charge on any atom is 0.262 e. The number of nitrogens with zero attached hydrogens (tertiary/aromatic N) is 3. The van der Waals surface area contributed by atoms with Crippen LogP contribution in [0.4, 0.5) is 0 Å². The lowest BCUT2D eigenvalue weighted by Gasteiger charge is -2.36. The zero-order valence-corrected chi connectivity index (χ0v) is 18.3. The highest BCUT2D eigenvalue weighted by Crippen LogP contribution is 2.32. The van der Waals surface area contributed by atoms with Gasteiger partial charge in [0.15, 0.2) is 0 Å². The van der Waals surface area contributed by atoms with Crippen LogP contribution in [0.5, 0.6) is 0 Å². The number of aryl methyl sites for hydroxylation is 2. The molecule has 0 spiro atoms. The predicted molar refractivity (Wildman–Crippen MR) is 114 cm³/mol. The van der Waals surface area contributed by atoms with E-state index in [1.807, 2.05) is 16.4 Å². The molecule has 2 aliphatic rings. The second-order valence-electron chi connectivity index (χ2n) is 8.82. The molecule has 3 heterocycles. The molecule has 2 aromatic heterocycles. The smallest absolute Gasteiger partial charge is 0.262 e. The van der Waals surface area contributed by atoms with Crippen molar-refractivity contribution < 1.29 is 4.79 Å². The number of carbonyl (C=O) groups is 1. The standard InChI is InChI=1S/C22H31N3O2S/c1-13(2)19-23-20-18(14(3)15(4)28-20)22(27)25(19)17-10-7-11-24(12-17)21(26)16-8-5-6-9-16/h13,16-17H,5-12H2,1-4H3/t17-/m1/s1. The lowest BCUT2D eigenvalue weighted by Crippen LogP contribution is -2.45. The monoisotopic (exact) mass is 401 g/mol. The van der Waals surface area contributed by atoms with Crippen molar-refractivity contribution in [2.75, 3.05) is 13.1 Å². The summed E-state index contributed by atoms with van der Waals surface area (Å²) in [5.41, 5.74) is 1.13. The Hall–Kier alpha value is -1.69. The zero-order chi connectivity index (χ0) is 20.0. The molecule has 1 aliphatic heterocycles. The fourth-order valence-electron chi connectivity index (χ4n) is 4.88. The normalized spacial score (nSPS) is 21.2. The Labute approximate surface area is 170 Å². The summed E-state index contributed by atoms with van der Waals surface area (Å²) in [6.45, 7) is 9.74. The van der Waals surface area contributed by atoms with Crippen LogP contribution in [-0.2, 0) is 4.79 Å². The van der Waals surface area contributed by atoms with Gasteiger partial charge in [0.1, 0.15) is 10.7 Å². The summed E-state index contributed by atoms with van der Waals surface area (Å²) < 4.78 is 1.93. The molecule has 1 saturated carbocycles. The highest BCUT2D eigenvalue weighted by molar-refractivity contribution is 7.18. The maximum atomic E-state index is 13.5. The van der Waals surface area contributed by atoms with Crippen molar-refractivity contribution in [3.63, 3.8) is 0 Å². The van der Waals surface area contributed by atoms with Gasteiger partial charge in [-0.05, 0) is 45.1 Å².